The molecule has 0 radical (unpaired) electrons. The van der Waals surface area contributed by atoms with E-state index in [1.165, 1.54) is 0 Å². The maximum Gasteiger partial charge on any atom is 0.127 e. The predicted octanol–water partition coefficient (Wildman–Crippen LogP) is 3.54. The van der Waals surface area contributed by atoms with Gasteiger partial charge >= 0.3 is 0 Å². The zero-order valence-corrected chi connectivity index (χ0v) is 12.9. The fourth-order valence-corrected chi connectivity index (χ4v) is 2.08. The minimum atomic E-state index is 0.208. The molecule has 22 heavy (non-hydrogen) atoms. The molecule has 0 saturated carbocycles. The van der Waals surface area contributed by atoms with Crippen LogP contribution < -0.4 is 16.4 Å². The van der Waals surface area contributed by atoms with Gasteiger partial charge in [-0.3, -0.25) is 0 Å². The van der Waals surface area contributed by atoms with E-state index in [-0.39, 0.29) is 16.4 Å². The maximum atomic E-state index is 9.31. The van der Waals surface area contributed by atoms with Crippen molar-refractivity contribution in [2.24, 2.45) is 5.73 Å². The second-order valence-electron chi connectivity index (χ2n) is 4.71. The molecule has 4 nitrogen and oxygen atoms in total. The van der Waals surface area contributed by atoms with Crippen LogP contribution in [-0.2, 0) is 0 Å². The van der Waals surface area contributed by atoms with Crippen LogP contribution in [0.15, 0.2) is 66.0 Å². The minimum Gasteiger partial charge on any atom is -0.384 e. The Labute approximate surface area is 135 Å². The number of hydrogen-bond donors (Lipinski definition) is 3. The third-order valence-electron chi connectivity index (χ3n) is 2.97. The summed E-state index contributed by atoms with van der Waals surface area (Å²) >= 11 is 5.26. The van der Waals surface area contributed by atoms with Gasteiger partial charge in [0.1, 0.15) is 22.5 Å². The smallest absolute Gasteiger partial charge is 0.127 e. The maximum absolute atomic E-state index is 9.31. The summed E-state index contributed by atoms with van der Waals surface area (Å²) in [7, 11) is 0. The normalized spacial score (nSPS) is 11.1. The molecular formula is C17H16N4S. The van der Waals surface area contributed by atoms with Crippen LogP contribution in [0.4, 0.5) is 11.4 Å². The molecule has 110 valence electrons. The van der Waals surface area contributed by atoms with Crippen molar-refractivity contribution < 1.29 is 0 Å². The van der Waals surface area contributed by atoms with Gasteiger partial charge in [-0.25, -0.2) is 0 Å². The summed E-state index contributed by atoms with van der Waals surface area (Å²) in [6.07, 6.45) is 0. The summed E-state index contributed by atoms with van der Waals surface area (Å²) < 4.78 is 0. The Balaban J connectivity index is 2.16. The van der Waals surface area contributed by atoms with Gasteiger partial charge in [0, 0.05) is 11.4 Å². The van der Waals surface area contributed by atoms with Crippen LogP contribution in [-0.4, -0.2) is 4.99 Å². The molecule has 0 unspecified atom stereocenters. The quantitative estimate of drug-likeness (QED) is 0.458. The summed E-state index contributed by atoms with van der Waals surface area (Å²) in [6.45, 7) is 2.00. The van der Waals surface area contributed by atoms with E-state index in [4.69, 9.17) is 18.0 Å². The number of hydrogen-bond acceptors (Lipinski definition) is 4. The van der Waals surface area contributed by atoms with Crippen molar-refractivity contribution in [3.63, 3.8) is 0 Å². The van der Waals surface area contributed by atoms with Crippen LogP contribution in [0.3, 0.4) is 0 Å². The van der Waals surface area contributed by atoms with Gasteiger partial charge in [0.25, 0.3) is 0 Å². The first-order valence-corrected chi connectivity index (χ1v) is 7.11. The molecule has 0 amide bonds. The highest BCUT2D eigenvalue weighted by Crippen LogP contribution is 2.13. The highest BCUT2D eigenvalue weighted by atomic mass is 32.1. The first-order valence-electron chi connectivity index (χ1n) is 6.70. The van der Waals surface area contributed by atoms with E-state index in [2.05, 4.69) is 10.6 Å². The largest absolute Gasteiger partial charge is 0.384 e. The number of thiocarbonyl (C=S) groups is 1. The standard InChI is InChI=1S/C17H16N4S/c1-12-7-9-14(10-8-12)20-16(19)15(11-18)17(22)21-13-5-3-2-4-6-13/h2-10,20H,19H2,1H3,(H,21,22)/b16-15+. The molecule has 5 heteroatoms. The monoisotopic (exact) mass is 308 g/mol. The molecule has 0 aliphatic carbocycles. The van der Waals surface area contributed by atoms with E-state index < -0.39 is 0 Å². The summed E-state index contributed by atoms with van der Waals surface area (Å²) in [5, 5.41) is 15.3. The van der Waals surface area contributed by atoms with Gasteiger partial charge in [-0.1, -0.05) is 48.1 Å². The number of para-hydroxylation sites is 1. The number of nitriles is 1. The Hall–Kier alpha value is -2.84. The lowest BCUT2D eigenvalue weighted by Crippen LogP contribution is -2.20. The molecule has 0 fully saturated rings. The van der Waals surface area contributed by atoms with Crippen molar-refractivity contribution in [3.8, 4) is 6.07 Å². The molecule has 0 aliphatic rings. The second-order valence-corrected chi connectivity index (χ2v) is 5.12. The molecule has 0 saturated heterocycles. The molecule has 0 heterocycles. The average molecular weight is 308 g/mol. The van der Waals surface area contributed by atoms with Gasteiger partial charge in [-0.05, 0) is 31.2 Å². The fraction of sp³-hybridized carbons (Fsp3) is 0.0588. The third kappa shape index (κ3) is 4.08. The van der Waals surface area contributed by atoms with Crippen molar-refractivity contribution in [2.75, 3.05) is 10.6 Å². The summed E-state index contributed by atoms with van der Waals surface area (Å²) in [4.78, 5) is 0.283. The van der Waals surface area contributed by atoms with E-state index in [1.807, 2.05) is 67.6 Å². The Morgan fingerprint density at radius 2 is 1.59 bits per heavy atom. The average Bonchev–Trinajstić information content (AvgIpc) is 2.51. The molecule has 4 N–H and O–H groups in total. The van der Waals surface area contributed by atoms with Gasteiger partial charge < -0.3 is 16.4 Å². The second kappa shape index (κ2) is 7.25. The summed E-state index contributed by atoms with van der Waals surface area (Å²) in [5.74, 6) is 0.222. The molecule has 0 bridgehead atoms. The Morgan fingerprint density at radius 1 is 1.00 bits per heavy atom. The number of nitrogens with one attached hydrogen (secondary N) is 2. The van der Waals surface area contributed by atoms with Crippen LogP contribution in [0.2, 0.25) is 0 Å². The summed E-state index contributed by atoms with van der Waals surface area (Å²) in [5.41, 5.74) is 8.94. The number of nitrogens with zero attached hydrogens (tertiary/aromatic N) is 1. The van der Waals surface area contributed by atoms with Crippen LogP contribution in [0.5, 0.6) is 0 Å². The predicted molar refractivity (Wildman–Crippen MR) is 94.3 cm³/mol. The molecule has 2 aromatic carbocycles. The van der Waals surface area contributed by atoms with Crippen molar-refractivity contribution in [2.45, 2.75) is 6.92 Å². The van der Waals surface area contributed by atoms with E-state index in [1.54, 1.807) is 0 Å². The molecule has 0 aliphatic heterocycles. The van der Waals surface area contributed by atoms with Crippen molar-refractivity contribution >= 4 is 28.6 Å². The minimum absolute atomic E-state index is 0.208. The molecule has 2 aromatic rings. The van der Waals surface area contributed by atoms with Crippen LogP contribution in [0, 0.1) is 18.3 Å². The van der Waals surface area contributed by atoms with Crippen LogP contribution >= 0.6 is 12.2 Å². The summed E-state index contributed by atoms with van der Waals surface area (Å²) in [6, 6.07) is 19.2. The van der Waals surface area contributed by atoms with Gasteiger partial charge in [0.2, 0.25) is 0 Å². The highest BCUT2D eigenvalue weighted by molar-refractivity contribution is 7.81. The lowest BCUT2D eigenvalue weighted by molar-refractivity contribution is 1.28. The molecule has 0 spiro atoms. The first kappa shape index (κ1) is 15.5. The van der Waals surface area contributed by atoms with Gasteiger partial charge in [-0.15, -0.1) is 0 Å². The van der Waals surface area contributed by atoms with Crippen LogP contribution in [0.25, 0.3) is 0 Å². The number of anilines is 2. The molecule has 2 rings (SSSR count). The topological polar surface area (TPSA) is 73.9 Å². The third-order valence-corrected chi connectivity index (χ3v) is 3.28. The zero-order valence-electron chi connectivity index (χ0n) is 12.1. The molecule has 0 atom stereocenters. The Kier molecular flexibility index (Phi) is 5.12. The van der Waals surface area contributed by atoms with Gasteiger partial charge in [0.15, 0.2) is 0 Å². The highest BCUT2D eigenvalue weighted by Gasteiger charge is 2.10. The fourth-order valence-electron chi connectivity index (χ4n) is 1.80. The number of aryl methyl sites for hydroxylation is 1. The first-order chi connectivity index (χ1) is 10.6. The van der Waals surface area contributed by atoms with E-state index in [0.717, 1.165) is 16.9 Å². The van der Waals surface area contributed by atoms with Crippen LogP contribution in [0.1, 0.15) is 5.56 Å². The van der Waals surface area contributed by atoms with Crippen molar-refractivity contribution in [1.82, 2.24) is 0 Å². The Bertz CT molecular complexity index is 728. The lowest BCUT2D eigenvalue weighted by Gasteiger charge is -2.11. The number of benzene rings is 2. The SMILES string of the molecule is Cc1ccc(N/C(N)=C(\C#N)C(=S)Nc2ccccc2)cc1. The lowest BCUT2D eigenvalue weighted by atomic mass is 10.2. The van der Waals surface area contributed by atoms with Gasteiger partial charge in [0.05, 0.1) is 0 Å². The number of nitrogens with two attached hydrogens (primary N) is 1. The van der Waals surface area contributed by atoms with Gasteiger partial charge in [-0.2, -0.15) is 5.26 Å². The van der Waals surface area contributed by atoms with E-state index in [9.17, 15) is 5.26 Å². The molecular weight excluding hydrogens is 292 g/mol. The number of rotatable bonds is 4. The van der Waals surface area contributed by atoms with E-state index in [0.29, 0.717) is 0 Å². The van der Waals surface area contributed by atoms with Crippen molar-refractivity contribution in [3.05, 3.63) is 71.6 Å². The Morgan fingerprint density at radius 3 is 2.18 bits per heavy atom. The molecule has 0 aromatic heterocycles. The van der Waals surface area contributed by atoms with Crippen molar-refractivity contribution in [1.29, 1.82) is 5.26 Å². The van der Waals surface area contributed by atoms with E-state index >= 15 is 0 Å². The zero-order chi connectivity index (χ0) is 15.9.